The third kappa shape index (κ3) is 3.07. The predicted octanol–water partition coefficient (Wildman–Crippen LogP) is 2.40. The number of benzene rings is 1. The van der Waals surface area contributed by atoms with Gasteiger partial charge in [-0.15, -0.1) is 0 Å². The maximum atomic E-state index is 12.6. The molecule has 0 saturated carbocycles. The van der Waals surface area contributed by atoms with Crippen molar-refractivity contribution in [3.8, 4) is 0 Å². The Morgan fingerprint density at radius 1 is 1.43 bits per heavy atom. The molecule has 112 valence electrons. The summed E-state index contributed by atoms with van der Waals surface area (Å²) in [5, 5.41) is 4.33. The molecule has 1 heterocycles. The summed E-state index contributed by atoms with van der Waals surface area (Å²) in [4.78, 5) is 14.3. The van der Waals surface area contributed by atoms with E-state index >= 15 is 0 Å². The van der Waals surface area contributed by atoms with Crippen molar-refractivity contribution in [1.82, 2.24) is 14.7 Å². The molecule has 5 heteroatoms. The number of carbonyl (C=O) groups is 1. The number of aromatic nitrogens is 2. The van der Waals surface area contributed by atoms with E-state index in [-0.39, 0.29) is 11.9 Å². The number of anilines is 1. The first-order valence-corrected chi connectivity index (χ1v) is 7.09. The highest BCUT2D eigenvalue weighted by Gasteiger charge is 2.22. The van der Waals surface area contributed by atoms with Gasteiger partial charge in [-0.3, -0.25) is 9.48 Å². The van der Waals surface area contributed by atoms with Crippen molar-refractivity contribution in [2.24, 2.45) is 7.05 Å². The first-order valence-electron chi connectivity index (χ1n) is 7.09. The van der Waals surface area contributed by atoms with Crippen LogP contribution in [0.2, 0.25) is 0 Å². The fraction of sp³-hybridized carbons (Fsp3) is 0.375. The molecule has 1 atom stereocenters. The number of aryl methyl sites for hydroxylation is 2. The normalized spacial score (nSPS) is 12.2. The summed E-state index contributed by atoms with van der Waals surface area (Å²) in [7, 11) is 3.60. The number of carbonyl (C=O) groups excluding carboxylic acids is 1. The molecule has 1 unspecified atom stereocenters. The molecule has 0 fully saturated rings. The molecule has 1 amide bonds. The van der Waals surface area contributed by atoms with E-state index < -0.39 is 0 Å². The van der Waals surface area contributed by atoms with Gasteiger partial charge in [-0.2, -0.15) is 5.10 Å². The van der Waals surface area contributed by atoms with Crippen molar-refractivity contribution in [3.63, 3.8) is 0 Å². The van der Waals surface area contributed by atoms with Gasteiger partial charge in [0.25, 0.3) is 5.91 Å². The highest BCUT2D eigenvalue weighted by molar-refractivity contribution is 5.92. The maximum Gasteiger partial charge on any atom is 0.272 e. The molecule has 2 rings (SSSR count). The first kappa shape index (κ1) is 15.1. The standard InChI is InChI=1S/C16H22N4O/c1-5-14-10-15(20(4)18-14)16(21)19(3)11(2)12-7-6-8-13(17)9-12/h6-11H,5,17H2,1-4H3. The fourth-order valence-corrected chi connectivity index (χ4v) is 2.30. The molecule has 0 bridgehead atoms. The van der Waals surface area contributed by atoms with E-state index in [1.54, 1.807) is 23.7 Å². The second-order valence-corrected chi connectivity index (χ2v) is 5.26. The molecule has 0 aliphatic rings. The Morgan fingerprint density at radius 2 is 2.14 bits per heavy atom. The number of nitrogen functional groups attached to an aromatic ring is 1. The zero-order valence-corrected chi connectivity index (χ0v) is 13.0. The second-order valence-electron chi connectivity index (χ2n) is 5.26. The van der Waals surface area contributed by atoms with Crippen LogP contribution in [0.25, 0.3) is 0 Å². The van der Waals surface area contributed by atoms with Gasteiger partial charge in [0.2, 0.25) is 0 Å². The molecule has 0 spiro atoms. The van der Waals surface area contributed by atoms with Gasteiger partial charge in [-0.05, 0) is 37.1 Å². The molecule has 5 nitrogen and oxygen atoms in total. The molecule has 1 aromatic heterocycles. The topological polar surface area (TPSA) is 64.2 Å². The van der Waals surface area contributed by atoms with Gasteiger partial charge < -0.3 is 10.6 Å². The summed E-state index contributed by atoms with van der Waals surface area (Å²) >= 11 is 0. The molecule has 0 aliphatic heterocycles. The zero-order valence-electron chi connectivity index (χ0n) is 13.0. The largest absolute Gasteiger partial charge is 0.399 e. The Bertz CT molecular complexity index is 647. The lowest BCUT2D eigenvalue weighted by atomic mass is 10.1. The molecular formula is C16H22N4O. The van der Waals surface area contributed by atoms with Crippen LogP contribution in [0, 0.1) is 0 Å². The number of hydrogen-bond donors (Lipinski definition) is 1. The highest BCUT2D eigenvalue weighted by Crippen LogP contribution is 2.22. The number of rotatable bonds is 4. The van der Waals surface area contributed by atoms with Gasteiger partial charge in [-0.1, -0.05) is 19.1 Å². The lowest BCUT2D eigenvalue weighted by Gasteiger charge is -2.25. The Balaban J connectivity index is 2.24. The minimum absolute atomic E-state index is 0.0420. The number of nitrogens with two attached hydrogens (primary N) is 1. The first-order chi connectivity index (χ1) is 9.93. The number of amides is 1. The number of hydrogen-bond acceptors (Lipinski definition) is 3. The van der Waals surface area contributed by atoms with Crippen molar-refractivity contribution in [2.75, 3.05) is 12.8 Å². The van der Waals surface area contributed by atoms with Crippen LogP contribution in [-0.4, -0.2) is 27.6 Å². The molecule has 0 saturated heterocycles. The van der Waals surface area contributed by atoms with Crippen molar-refractivity contribution >= 4 is 11.6 Å². The molecule has 1 aromatic carbocycles. The lowest BCUT2D eigenvalue weighted by Crippen LogP contribution is -2.31. The maximum absolute atomic E-state index is 12.6. The molecule has 21 heavy (non-hydrogen) atoms. The summed E-state index contributed by atoms with van der Waals surface area (Å²) in [6, 6.07) is 9.41. The molecular weight excluding hydrogens is 264 g/mol. The molecule has 0 aliphatic carbocycles. The van der Waals surface area contributed by atoms with Crippen LogP contribution in [0.5, 0.6) is 0 Å². The third-order valence-corrected chi connectivity index (χ3v) is 3.81. The van der Waals surface area contributed by atoms with Crippen molar-refractivity contribution in [2.45, 2.75) is 26.3 Å². The van der Waals surface area contributed by atoms with Crippen LogP contribution in [0.15, 0.2) is 30.3 Å². The van der Waals surface area contributed by atoms with Gasteiger partial charge in [0, 0.05) is 19.8 Å². The van der Waals surface area contributed by atoms with Crippen LogP contribution < -0.4 is 5.73 Å². The van der Waals surface area contributed by atoms with Gasteiger partial charge in [0.1, 0.15) is 5.69 Å². The van der Waals surface area contributed by atoms with Gasteiger partial charge >= 0.3 is 0 Å². The van der Waals surface area contributed by atoms with Crippen LogP contribution >= 0.6 is 0 Å². The van der Waals surface area contributed by atoms with E-state index in [1.807, 2.05) is 44.2 Å². The van der Waals surface area contributed by atoms with E-state index in [0.29, 0.717) is 11.4 Å². The zero-order chi connectivity index (χ0) is 15.6. The van der Waals surface area contributed by atoms with E-state index in [9.17, 15) is 4.79 Å². The van der Waals surface area contributed by atoms with Crippen molar-refractivity contribution in [3.05, 3.63) is 47.3 Å². The smallest absolute Gasteiger partial charge is 0.272 e. The van der Waals surface area contributed by atoms with E-state index in [2.05, 4.69) is 5.10 Å². The lowest BCUT2D eigenvalue weighted by molar-refractivity contribution is 0.0731. The van der Waals surface area contributed by atoms with Gasteiger partial charge in [0.05, 0.1) is 11.7 Å². The number of nitrogens with zero attached hydrogens (tertiary/aromatic N) is 3. The summed E-state index contributed by atoms with van der Waals surface area (Å²) in [6.07, 6.45) is 0.815. The summed E-state index contributed by atoms with van der Waals surface area (Å²) in [5.41, 5.74) is 9.06. The van der Waals surface area contributed by atoms with E-state index in [1.165, 1.54) is 0 Å². The fourth-order valence-electron chi connectivity index (χ4n) is 2.30. The van der Waals surface area contributed by atoms with E-state index in [4.69, 9.17) is 5.73 Å². The minimum Gasteiger partial charge on any atom is -0.399 e. The van der Waals surface area contributed by atoms with Crippen LogP contribution in [-0.2, 0) is 13.5 Å². The average Bonchev–Trinajstić information content (AvgIpc) is 2.86. The van der Waals surface area contributed by atoms with Crippen molar-refractivity contribution in [1.29, 1.82) is 0 Å². The Kier molecular flexibility index (Phi) is 4.31. The SMILES string of the molecule is CCc1cc(C(=O)N(C)C(C)c2cccc(N)c2)n(C)n1. The summed E-state index contributed by atoms with van der Waals surface area (Å²) in [6.45, 7) is 4.01. The van der Waals surface area contributed by atoms with Gasteiger partial charge in [-0.25, -0.2) is 0 Å². The third-order valence-electron chi connectivity index (χ3n) is 3.81. The average molecular weight is 286 g/mol. The van der Waals surface area contributed by atoms with Crippen LogP contribution in [0.4, 0.5) is 5.69 Å². The van der Waals surface area contributed by atoms with Crippen LogP contribution in [0.1, 0.15) is 41.6 Å². The van der Waals surface area contributed by atoms with Gasteiger partial charge in [0.15, 0.2) is 0 Å². The highest BCUT2D eigenvalue weighted by atomic mass is 16.2. The summed E-state index contributed by atoms with van der Waals surface area (Å²) < 4.78 is 1.64. The Morgan fingerprint density at radius 3 is 2.71 bits per heavy atom. The minimum atomic E-state index is -0.0547. The predicted molar refractivity (Wildman–Crippen MR) is 83.9 cm³/mol. The Hall–Kier alpha value is -2.30. The molecule has 2 N–H and O–H groups in total. The van der Waals surface area contributed by atoms with Crippen LogP contribution in [0.3, 0.4) is 0 Å². The Labute approximate surface area is 125 Å². The quantitative estimate of drug-likeness (QED) is 0.878. The second kappa shape index (κ2) is 5.99. The molecule has 0 radical (unpaired) electrons. The molecule has 2 aromatic rings. The van der Waals surface area contributed by atoms with Crippen molar-refractivity contribution < 1.29 is 4.79 Å². The van der Waals surface area contributed by atoms with E-state index in [0.717, 1.165) is 17.7 Å². The summed E-state index contributed by atoms with van der Waals surface area (Å²) in [5.74, 6) is -0.0420. The monoisotopic (exact) mass is 286 g/mol.